The number of hydrogen-bond acceptors (Lipinski definition) is 3. The van der Waals surface area contributed by atoms with Crippen molar-refractivity contribution >= 4 is 21.6 Å². The van der Waals surface area contributed by atoms with E-state index in [1.165, 1.54) is 0 Å². The van der Waals surface area contributed by atoms with Crippen molar-refractivity contribution in [2.75, 3.05) is 19.6 Å². The van der Waals surface area contributed by atoms with Gasteiger partial charge < -0.3 is 5.32 Å². The standard InChI is InChI=1S/C15H21ClN2O2S/c16-13-3-1-5-15(9-13)21(19,20)18(10-12-6-7-12)11-14-4-2-8-17-14/h1,3,5,9,12,14,17H,2,4,6-8,10-11H2. The average Bonchev–Trinajstić information content (AvgIpc) is 3.12. The molecule has 6 heteroatoms. The molecule has 21 heavy (non-hydrogen) atoms. The normalized spacial score (nSPS) is 22.9. The largest absolute Gasteiger partial charge is 0.313 e. The number of nitrogens with one attached hydrogen (secondary N) is 1. The number of nitrogens with zero attached hydrogens (tertiary/aromatic N) is 1. The summed E-state index contributed by atoms with van der Waals surface area (Å²) in [5.41, 5.74) is 0. The van der Waals surface area contributed by atoms with Crippen LogP contribution in [0.5, 0.6) is 0 Å². The van der Waals surface area contributed by atoms with E-state index < -0.39 is 10.0 Å². The van der Waals surface area contributed by atoms with Gasteiger partial charge in [0, 0.05) is 24.2 Å². The van der Waals surface area contributed by atoms with Gasteiger partial charge in [0.2, 0.25) is 10.0 Å². The van der Waals surface area contributed by atoms with Gasteiger partial charge in [0.05, 0.1) is 4.90 Å². The summed E-state index contributed by atoms with van der Waals surface area (Å²) in [4.78, 5) is 0.300. The molecular weight excluding hydrogens is 308 g/mol. The fraction of sp³-hybridized carbons (Fsp3) is 0.600. The molecule has 0 amide bonds. The molecule has 2 aliphatic rings. The molecule has 1 atom stereocenters. The van der Waals surface area contributed by atoms with Crippen molar-refractivity contribution < 1.29 is 8.42 Å². The van der Waals surface area contributed by atoms with Crippen molar-refractivity contribution in [2.24, 2.45) is 5.92 Å². The van der Waals surface area contributed by atoms with E-state index in [4.69, 9.17) is 11.6 Å². The van der Waals surface area contributed by atoms with Crippen molar-refractivity contribution in [1.29, 1.82) is 0 Å². The number of rotatable bonds is 6. The number of benzene rings is 1. The molecule has 116 valence electrons. The Labute approximate surface area is 131 Å². The summed E-state index contributed by atoms with van der Waals surface area (Å²) in [5, 5.41) is 3.84. The maximum absolute atomic E-state index is 12.9. The highest BCUT2D eigenvalue weighted by Gasteiger charge is 2.33. The van der Waals surface area contributed by atoms with E-state index >= 15 is 0 Å². The molecule has 0 spiro atoms. The van der Waals surface area contributed by atoms with E-state index in [0.717, 1.165) is 32.2 Å². The fourth-order valence-electron chi connectivity index (χ4n) is 2.79. The first-order valence-electron chi connectivity index (χ1n) is 7.55. The Balaban J connectivity index is 1.82. The van der Waals surface area contributed by atoms with Gasteiger partial charge in [-0.15, -0.1) is 0 Å². The highest BCUT2D eigenvalue weighted by atomic mass is 35.5. The lowest BCUT2D eigenvalue weighted by Gasteiger charge is -2.25. The Hall–Kier alpha value is -0.620. The second-order valence-corrected chi connectivity index (χ2v) is 8.39. The molecule has 1 aromatic rings. The minimum absolute atomic E-state index is 0.276. The van der Waals surface area contributed by atoms with E-state index in [1.54, 1.807) is 28.6 Å². The van der Waals surface area contributed by atoms with Gasteiger partial charge in [0.1, 0.15) is 0 Å². The van der Waals surface area contributed by atoms with Gasteiger partial charge in [0.25, 0.3) is 0 Å². The molecule has 2 fully saturated rings. The third-order valence-corrected chi connectivity index (χ3v) is 6.24. The molecule has 1 aromatic carbocycles. The molecule has 1 N–H and O–H groups in total. The number of halogens is 1. The molecular formula is C15H21ClN2O2S. The summed E-state index contributed by atoms with van der Waals surface area (Å²) < 4.78 is 27.4. The summed E-state index contributed by atoms with van der Waals surface area (Å²) in [6, 6.07) is 6.84. The Morgan fingerprint density at radius 1 is 1.24 bits per heavy atom. The third kappa shape index (κ3) is 3.77. The van der Waals surface area contributed by atoms with Crippen molar-refractivity contribution in [2.45, 2.75) is 36.6 Å². The van der Waals surface area contributed by atoms with Crippen LogP contribution in [0.15, 0.2) is 29.2 Å². The van der Waals surface area contributed by atoms with Crippen LogP contribution in [0.4, 0.5) is 0 Å². The van der Waals surface area contributed by atoms with Crippen LogP contribution in [0.2, 0.25) is 5.02 Å². The van der Waals surface area contributed by atoms with Crippen molar-refractivity contribution in [3.63, 3.8) is 0 Å². The summed E-state index contributed by atoms with van der Waals surface area (Å²) in [7, 11) is -3.46. The molecule has 1 saturated carbocycles. The molecule has 0 bridgehead atoms. The monoisotopic (exact) mass is 328 g/mol. The predicted octanol–water partition coefficient (Wildman–Crippen LogP) is 2.49. The quantitative estimate of drug-likeness (QED) is 0.873. The van der Waals surface area contributed by atoms with E-state index in [-0.39, 0.29) is 6.04 Å². The topological polar surface area (TPSA) is 49.4 Å². The molecule has 1 saturated heterocycles. The number of hydrogen-bond donors (Lipinski definition) is 1. The Morgan fingerprint density at radius 3 is 2.67 bits per heavy atom. The van der Waals surface area contributed by atoms with Crippen LogP contribution in [0.1, 0.15) is 25.7 Å². The summed E-state index contributed by atoms with van der Waals surface area (Å²) >= 11 is 5.95. The van der Waals surface area contributed by atoms with Gasteiger partial charge in [-0.3, -0.25) is 0 Å². The van der Waals surface area contributed by atoms with E-state index in [0.29, 0.717) is 28.9 Å². The lowest BCUT2D eigenvalue weighted by molar-refractivity contribution is 0.358. The molecule has 1 aliphatic carbocycles. The summed E-state index contributed by atoms with van der Waals surface area (Å²) in [6.45, 7) is 2.18. The first-order valence-corrected chi connectivity index (χ1v) is 9.36. The van der Waals surface area contributed by atoms with Crippen LogP contribution in [0.3, 0.4) is 0 Å². The lowest BCUT2D eigenvalue weighted by atomic mass is 10.2. The van der Waals surface area contributed by atoms with Gasteiger partial charge >= 0.3 is 0 Å². The van der Waals surface area contributed by atoms with E-state index in [1.807, 2.05) is 0 Å². The highest BCUT2D eigenvalue weighted by molar-refractivity contribution is 7.89. The van der Waals surface area contributed by atoms with Crippen LogP contribution in [0, 0.1) is 5.92 Å². The molecule has 1 heterocycles. The first-order chi connectivity index (χ1) is 10.1. The van der Waals surface area contributed by atoms with Crippen molar-refractivity contribution in [3.05, 3.63) is 29.3 Å². The maximum Gasteiger partial charge on any atom is 0.243 e. The molecule has 0 aromatic heterocycles. The Bertz CT molecular complexity index is 595. The lowest BCUT2D eigenvalue weighted by Crippen LogP contribution is -2.42. The zero-order chi connectivity index (χ0) is 14.9. The Kier molecular flexibility index (Phi) is 4.54. The molecule has 0 radical (unpaired) electrons. The van der Waals surface area contributed by atoms with Gasteiger partial charge in [0.15, 0.2) is 0 Å². The van der Waals surface area contributed by atoms with E-state index in [2.05, 4.69) is 5.32 Å². The van der Waals surface area contributed by atoms with Gasteiger partial charge in [-0.1, -0.05) is 17.7 Å². The predicted molar refractivity (Wildman–Crippen MR) is 84.0 cm³/mol. The minimum Gasteiger partial charge on any atom is -0.313 e. The second kappa shape index (κ2) is 6.24. The smallest absolute Gasteiger partial charge is 0.243 e. The van der Waals surface area contributed by atoms with Crippen LogP contribution >= 0.6 is 11.6 Å². The van der Waals surface area contributed by atoms with Crippen molar-refractivity contribution in [3.8, 4) is 0 Å². The third-order valence-electron chi connectivity index (χ3n) is 4.18. The first kappa shape index (κ1) is 15.3. The Morgan fingerprint density at radius 2 is 2.05 bits per heavy atom. The van der Waals surface area contributed by atoms with E-state index in [9.17, 15) is 8.42 Å². The zero-order valence-corrected chi connectivity index (χ0v) is 13.5. The SMILES string of the molecule is O=S(=O)(c1cccc(Cl)c1)N(CC1CC1)CC1CCCN1. The second-order valence-electron chi connectivity index (χ2n) is 6.02. The average molecular weight is 329 g/mol. The maximum atomic E-state index is 12.9. The molecule has 1 aliphatic heterocycles. The van der Waals surface area contributed by atoms with Crippen LogP contribution in [0.25, 0.3) is 0 Å². The van der Waals surface area contributed by atoms with Crippen molar-refractivity contribution in [1.82, 2.24) is 9.62 Å². The van der Waals surface area contributed by atoms with Gasteiger partial charge in [-0.2, -0.15) is 4.31 Å². The molecule has 4 nitrogen and oxygen atoms in total. The highest BCUT2D eigenvalue weighted by Crippen LogP contribution is 2.32. The summed E-state index contributed by atoms with van der Waals surface area (Å²) in [6.07, 6.45) is 4.45. The van der Waals surface area contributed by atoms with Gasteiger partial charge in [-0.05, 0) is 56.3 Å². The molecule has 1 unspecified atom stereocenters. The fourth-order valence-corrected chi connectivity index (χ4v) is 4.66. The summed E-state index contributed by atoms with van der Waals surface area (Å²) in [5.74, 6) is 0.528. The van der Waals surface area contributed by atoms with Gasteiger partial charge in [-0.25, -0.2) is 8.42 Å². The van der Waals surface area contributed by atoms with Crippen LogP contribution in [-0.4, -0.2) is 38.4 Å². The minimum atomic E-state index is -3.46. The zero-order valence-electron chi connectivity index (χ0n) is 12.0. The van der Waals surface area contributed by atoms with Crippen LogP contribution < -0.4 is 5.32 Å². The molecule has 3 rings (SSSR count). The number of sulfonamides is 1. The van der Waals surface area contributed by atoms with Crippen LogP contribution in [-0.2, 0) is 10.0 Å².